The van der Waals surface area contributed by atoms with E-state index in [0.717, 1.165) is 0 Å². The summed E-state index contributed by atoms with van der Waals surface area (Å²) in [6.45, 7) is 2.11. The predicted octanol–water partition coefficient (Wildman–Crippen LogP) is 5.22. The fourth-order valence-electron chi connectivity index (χ4n) is 4.48. The molecule has 0 unspecified atom stereocenters. The van der Waals surface area contributed by atoms with Crippen molar-refractivity contribution in [2.45, 2.75) is 13.0 Å². The van der Waals surface area contributed by atoms with Gasteiger partial charge in [0.2, 0.25) is 0 Å². The SMILES string of the molecule is C[C@H](N)c1cccc(P(c2ccccc2)c2ccccc2)c1P(c1ccccc1)c1ccccc1. The fraction of sp³-hybridized carbons (Fsp3) is 0.0625. The smallest absolute Gasteiger partial charge is 0.0272 e. The van der Waals surface area contributed by atoms with Crippen LogP contribution in [0.4, 0.5) is 0 Å². The molecule has 1 nitrogen and oxygen atoms in total. The summed E-state index contributed by atoms with van der Waals surface area (Å²) >= 11 is 0. The Hall–Kier alpha value is -3.08. The largest absolute Gasteiger partial charge is 0.324 e. The van der Waals surface area contributed by atoms with E-state index in [1.807, 2.05) is 0 Å². The van der Waals surface area contributed by atoms with Crippen LogP contribution in [0.3, 0.4) is 0 Å². The molecule has 0 radical (unpaired) electrons. The van der Waals surface area contributed by atoms with Gasteiger partial charge in [-0.15, -0.1) is 0 Å². The van der Waals surface area contributed by atoms with Crippen LogP contribution in [0.1, 0.15) is 18.5 Å². The van der Waals surface area contributed by atoms with Crippen LogP contribution in [0.5, 0.6) is 0 Å². The standard InChI is InChI=1S/C32H29NP2/c1-25(33)30-23-14-24-31(34(26-15-6-2-7-16-26)27-17-8-3-9-18-27)32(30)35(28-19-10-4-11-20-28)29-21-12-5-13-22-29/h2-25H,33H2,1H3/t25-/m0/s1. The molecule has 35 heavy (non-hydrogen) atoms. The van der Waals surface area contributed by atoms with Gasteiger partial charge in [0, 0.05) is 6.04 Å². The molecule has 1 atom stereocenters. The summed E-state index contributed by atoms with van der Waals surface area (Å²) in [6.07, 6.45) is 0. The Morgan fingerprint density at radius 2 is 0.829 bits per heavy atom. The highest BCUT2D eigenvalue weighted by atomic mass is 31.1. The Bertz CT molecular complexity index is 1280. The van der Waals surface area contributed by atoms with Crippen molar-refractivity contribution in [1.29, 1.82) is 0 Å². The minimum atomic E-state index is -0.797. The van der Waals surface area contributed by atoms with Crippen molar-refractivity contribution in [2.24, 2.45) is 5.73 Å². The normalized spacial score (nSPS) is 12.1. The number of benzene rings is 5. The molecule has 3 heteroatoms. The van der Waals surface area contributed by atoms with Gasteiger partial charge in [-0.2, -0.15) is 0 Å². The summed E-state index contributed by atoms with van der Waals surface area (Å²) in [7, 11) is -1.56. The molecule has 0 saturated heterocycles. The van der Waals surface area contributed by atoms with Gasteiger partial charge < -0.3 is 5.73 Å². The van der Waals surface area contributed by atoms with Crippen LogP contribution in [-0.2, 0) is 0 Å². The highest BCUT2D eigenvalue weighted by Crippen LogP contribution is 2.40. The lowest BCUT2D eigenvalue weighted by molar-refractivity contribution is 0.825. The first-order chi connectivity index (χ1) is 17.2. The molecule has 5 rings (SSSR count). The Morgan fingerprint density at radius 3 is 1.20 bits per heavy atom. The van der Waals surface area contributed by atoms with Crippen LogP contribution >= 0.6 is 15.8 Å². The molecule has 5 aromatic carbocycles. The lowest BCUT2D eigenvalue weighted by Gasteiger charge is -2.30. The van der Waals surface area contributed by atoms with E-state index in [9.17, 15) is 0 Å². The molecule has 172 valence electrons. The Kier molecular flexibility index (Phi) is 7.51. The van der Waals surface area contributed by atoms with Crippen LogP contribution in [-0.4, -0.2) is 0 Å². The fourth-order valence-corrected chi connectivity index (χ4v) is 10.0. The van der Waals surface area contributed by atoms with Crippen LogP contribution in [0.15, 0.2) is 140 Å². The van der Waals surface area contributed by atoms with Gasteiger partial charge in [-0.1, -0.05) is 140 Å². The van der Waals surface area contributed by atoms with Gasteiger partial charge in [0.1, 0.15) is 0 Å². The first-order valence-electron chi connectivity index (χ1n) is 11.9. The zero-order valence-electron chi connectivity index (χ0n) is 19.8. The van der Waals surface area contributed by atoms with E-state index >= 15 is 0 Å². The van der Waals surface area contributed by atoms with E-state index in [1.54, 1.807) is 0 Å². The molecular weight excluding hydrogens is 460 g/mol. The van der Waals surface area contributed by atoms with Crippen molar-refractivity contribution in [2.75, 3.05) is 0 Å². The van der Waals surface area contributed by atoms with Crippen LogP contribution < -0.4 is 37.6 Å². The number of hydrogen-bond acceptors (Lipinski definition) is 1. The molecule has 2 N–H and O–H groups in total. The van der Waals surface area contributed by atoms with Crippen LogP contribution in [0, 0.1) is 0 Å². The van der Waals surface area contributed by atoms with E-state index in [-0.39, 0.29) is 6.04 Å². The summed E-state index contributed by atoms with van der Waals surface area (Å²) in [4.78, 5) is 0. The number of rotatable bonds is 7. The van der Waals surface area contributed by atoms with E-state index in [2.05, 4.69) is 146 Å². The summed E-state index contributed by atoms with van der Waals surface area (Å²) < 4.78 is 0. The second-order valence-corrected chi connectivity index (χ2v) is 12.9. The highest BCUT2D eigenvalue weighted by molar-refractivity contribution is 7.85. The van der Waals surface area contributed by atoms with Crippen molar-refractivity contribution in [3.05, 3.63) is 145 Å². The Morgan fingerprint density at radius 1 is 0.457 bits per heavy atom. The molecule has 0 aromatic heterocycles. The predicted molar refractivity (Wildman–Crippen MR) is 156 cm³/mol. The van der Waals surface area contributed by atoms with E-state index in [4.69, 9.17) is 5.73 Å². The first-order valence-corrected chi connectivity index (χ1v) is 14.6. The topological polar surface area (TPSA) is 26.0 Å². The molecule has 0 aliphatic carbocycles. The summed E-state index contributed by atoms with van der Waals surface area (Å²) in [5, 5.41) is 8.19. The third-order valence-electron chi connectivity index (χ3n) is 6.06. The van der Waals surface area contributed by atoms with Crippen molar-refractivity contribution in [1.82, 2.24) is 0 Å². The van der Waals surface area contributed by atoms with Crippen molar-refractivity contribution >= 4 is 47.7 Å². The average molecular weight is 490 g/mol. The minimum absolute atomic E-state index is 0.0641. The lowest BCUT2D eigenvalue weighted by atomic mass is 10.1. The van der Waals surface area contributed by atoms with Crippen molar-refractivity contribution < 1.29 is 0 Å². The maximum Gasteiger partial charge on any atom is 0.0272 e. The van der Waals surface area contributed by atoms with E-state index in [0.29, 0.717) is 0 Å². The van der Waals surface area contributed by atoms with Gasteiger partial charge in [-0.3, -0.25) is 0 Å². The molecule has 0 bridgehead atoms. The van der Waals surface area contributed by atoms with E-state index < -0.39 is 15.8 Å². The Labute approximate surface area is 211 Å². The number of nitrogens with two attached hydrogens (primary N) is 1. The zero-order valence-corrected chi connectivity index (χ0v) is 21.6. The summed E-state index contributed by atoms with van der Waals surface area (Å²) in [5.41, 5.74) is 7.91. The molecule has 5 aromatic rings. The molecule has 0 amide bonds. The molecule has 0 saturated carbocycles. The van der Waals surface area contributed by atoms with Crippen molar-refractivity contribution in [3.63, 3.8) is 0 Å². The van der Waals surface area contributed by atoms with Crippen LogP contribution in [0.2, 0.25) is 0 Å². The van der Waals surface area contributed by atoms with Gasteiger partial charge in [0.05, 0.1) is 0 Å². The van der Waals surface area contributed by atoms with Crippen molar-refractivity contribution in [3.8, 4) is 0 Å². The lowest BCUT2D eigenvalue weighted by Crippen LogP contribution is -2.38. The van der Waals surface area contributed by atoms with Gasteiger partial charge in [0.25, 0.3) is 0 Å². The monoisotopic (exact) mass is 489 g/mol. The third-order valence-corrected chi connectivity index (χ3v) is 11.3. The first kappa shape index (κ1) is 23.7. The maximum atomic E-state index is 6.67. The molecule has 0 aliphatic rings. The molecule has 0 heterocycles. The highest BCUT2D eigenvalue weighted by Gasteiger charge is 2.28. The maximum absolute atomic E-state index is 6.67. The van der Waals surface area contributed by atoms with Crippen LogP contribution in [0.25, 0.3) is 0 Å². The van der Waals surface area contributed by atoms with E-state index in [1.165, 1.54) is 37.4 Å². The van der Waals surface area contributed by atoms with Gasteiger partial charge >= 0.3 is 0 Å². The van der Waals surface area contributed by atoms with Gasteiger partial charge in [0.15, 0.2) is 0 Å². The second-order valence-electron chi connectivity index (χ2n) is 8.52. The Balaban J connectivity index is 1.84. The summed E-state index contributed by atoms with van der Waals surface area (Å²) in [5.74, 6) is 0. The molecule has 0 spiro atoms. The molecule has 0 fully saturated rings. The third kappa shape index (κ3) is 5.14. The summed E-state index contributed by atoms with van der Waals surface area (Å²) in [6, 6.07) is 50.5. The second kappa shape index (κ2) is 11.1. The van der Waals surface area contributed by atoms with Gasteiger partial charge in [-0.25, -0.2) is 0 Å². The molecule has 0 aliphatic heterocycles. The van der Waals surface area contributed by atoms with Gasteiger partial charge in [-0.05, 0) is 60.2 Å². The molecular formula is C32H29NP2. The quantitative estimate of drug-likeness (QED) is 0.312. The number of hydrogen-bond donors (Lipinski definition) is 1. The average Bonchev–Trinajstić information content (AvgIpc) is 2.92. The minimum Gasteiger partial charge on any atom is -0.324 e. The zero-order chi connectivity index (χ0) is 24.0.